The predicted octanol–water partition coefficient (Wildman–Crippen LogP) is 3.19. The first-order valence-electron chi connectivity index (χ1n) is 10.0. The minimum atomic E-state index is -0.730. The monoisotopic (exact) mass is 389 g/mol. The fourth-order valence-corrected chi connectivity index (χ4v) is 3.93. The Morgan fingerprint density at radius 3 is 2.43 bits per heavy atom. The molecule has 1 aromatic rings. The van der Waals surface area contributed by atoms with Crippen LogP contribution in [-0.4, -0.2) is 42.5 Å². The van der Waals surface area contributed by atoms with E-state index in [-0.39, 0.29) is 29.8 Å². The van der Waals surface area contributed by atoms with Crippen LogP contribution in [0.3, 0.4) is 0 Å². The number of nitro benzene ring substituents is 1. The van der Waals surface area contributed by atoms with Gasteiger partial charge in [-0.3, -0.25) is 14.9 Å². The van der Waals surface area contributed by atoms with Gasteiger partial charge in [-0.05, 0) is 37.8 Å². The molecule has 1 heterocycles. The van der Waals surface area contributed by atoms with E-state index in [0.717, 1.165) is 64.5 Å². The van der Waals surface area contributed by atoms with Crippen molar-refractivity contribution >= 4 is 23.3 Å². The van der Waals surface area contributed by atoms with Gasteiger partial charge >= 0.3 is 5.97 Å². The minimum absolute atomic E-state index is 0.0824. The molecule has 0 aromatic heterocycles. The summed E-state index contributed by atoms with van der Waals surface area (Å²) in [5.41, 5.74) is 0.508. The Labute approximate surface area is 164 Å². The number of nitro groups is 1. The summed E-state index contributed by atoms with van der Waals surface area (Å²) >= 11 is 0. The van der Waals surface area contributed by atoms with Crippen molar-refractivity contribution in [3.63, 3.8) is 0 Å². The molecule has 8 heteroatoms. The van der Waals surface area contributed by atoms with E-state index in [2.05, 4.69) is 5.32 Å². The van der Waals surface area contributed by atoms with Gasteiger partial charge in [-0.1, -0.05) is 25.7 Å². The van der Waals surface area contributed by atoms with Gasteiger partial charge in [-0.25, -0.2) is 4.79 Å². The van der Waals surface area contributed by atoms with Crippen molar-refractivity contribution in [2.24, 2.45) is 0 Å². The maximum atomic E-state index is 12.3. The molecule has 1 aromatic carbocycles. The van der Waals surface area contributed by atoms with Gasteiger partial charge in [0.05, 0.1) is 10.5 Å². The highest BCUT2D eigenvalue weighted by molar-refractivity contribution is 5.93. The van der Waals surface area contributed by atoms with Gasteiger partial charge < -0.3 is 15.0 Å². The zero-order chi connectivity index (χ0) is 19.9. The Kier molecular flexibility index (Phi) is 6.84. The third kappa shape index (κ3) is 5.21. The number of carbonyl (C=O) groups is 2. The van der Waals surface area contributed by atoms with Crippen molar-refractivity contribution in [3.05, 3.63) is 33.9 Å². The van der Waals surface area contributed by atoms with Crippen LogP contribution in [0.5, 0.6) is 0 Å². The lowest BCUT2D eigenvalue weighted by atomic mass is 10.1. The molecule has 3 rings (SSSR count). The Morgan fingerprint density at radius 2 is 1.79 bits per heavy atom. The SMILES string of the molecule is O=C(COC(=O)c1ccc(N2CCCCCC2)c([N+](=O)[O-])c1)NC1CCCC1. The zero-order valence-corrected chi connectivity index (χ0v) is 16.0. The van der Waals surface area contributed by atoms with E-state index in [1.165, 1.54) is 12.1 Å². The predicted molar refractivity (Wildman–Crippen MR) is 104 cm³/mol. The number of hydrogen-bond acceptors (Lipinski definition) is 6. The van der Waals surface area contributed by atoms with Gasteiger partial charge in [0.15, 0.2) is 6.61 Å². The average Bonchev–Trinajstić information content (AvgIpc) is 3.04. The van der Waals surface area contributed by atoms with Crippen molar-refractivity contribution in [3.8, 4) is 0 Å². The number of hydrogen-bond donors (Lipinski definition) is 1. The Hall–Kier alpha value is -2.64. The fraction of sp³-hybridized carbons (Fsp3) is 0.600. The third-order valence-corrected chi connectivity index (χ3v) is 5.41. The topological polar surface area (TPSA) is 102 Å². The lowest BCUT2D eigenvalue weighted by molar-refractivity contribution is -0.384. The molecule has 1 saturated carbocycles. The van der Waals surface area contributed by atoms with Gasteiger partial charge in [0.25, 0.3) is 11.6 Å². The smallest absolute Gasteiger partial charge is 0.338 e. The molecule has 0 radical (unpaired) electrons. The summed E-state index contributed by atoms with van der Waals surface area (Å²) in [6, 6.07) is 4.54. The highest BCUT2D eigenvalue weighted by Crippen LogP contribution is 2.31. The molecule has 1 aliphatic heterocycles. The van der Waals surface area contributed by atoms with Crippen LogP contribution >= 0.6 is 0 Å². The molecule has 1 N–H and O–H groups in total. The van der Waals surface area contributed by atoms with Crippen molar-refractivity contribution in [1.29, 1.82) is 0 Å². The second kappa shape index (κ2) is 9.52. The van der Waals surface area contributed by atoms with E-state index >= 15 is 0 Å². The number of nitrogens with zero attached hydrogens (tertiary/aromatic N) is 2. The maximum absolute atomic E-state index is 12.3. The highest BCUT2D eigenvalue weighted by atomic mass is 16.6. The van der Waals surface area contributed by atoms with Crippen molar-refractivity contribution in [2.75, 3.05) is 24.6 Å². The molecule has 0 unspecified atom stereocenters. The van der Waals surface area contributed by atoms with E-state index in [9.17, 15) is 19.7 Å². The van der Waals surface area contributed by atoms with E-state index in [0.29, 0.717) is 5.69 Å². The molecule has 28 heavy (non-hydrogen) atoms. The van der Waals surface area contributed by atoms with Gasteiger partial charge in [-0.15, -0.1) is 0 Å². The van der Waals surface area contributed by atoms with E-state index in [4.69, 9.17) is 4.74 Å². The number of ether oxygens (including phenoxy) is 1. The largest absolute Gasteiger partial charge is 0.452 e. The molecule has 8 nitrogen and oxygen atoms in total. The lowest BCUT2D eigenvalue weighted by Crippen LogP contribution is -2.35. The zero-order valence-electron chi connectivity index (χ0n) is 16.0. The summed E-state index contributed by atoms with van der Waals surface area (Å²) in [4.78, 5) is 37.3. The van der Waals surface area contributed by atoms with Gasteiger partial charge in [0.2, 0.25) is 0 Å². The number of carbonyl (C=O) groups excluding carboxylic acids is 2. The van der Waals surface area contributed by atoms with Crippen molar-refractivity contribution in [2.45, 2.75) is 57.4 Å². The number of esters is 1. The summed E-state index contributed by atoms with van der Waals surface area (Å²) in [6.45, 7) is 1.16. The van der Waals surface area contributed by atoms with Crippen LogP contribution in [-0.2, 0) is 9.53 Å². The normalized spacial score (nSPS) is 17.8. The molecule has 1 amide bonds. The molecular formula is C20H27N3O5. The quantitative estimate of drug-likeness (QED) is 0.455. The van der Waals surface area contributed by atoms with Crippen molar-refractivity contribution < 1.29 is 19.2 Å². The molecule has 0 bridgehead atoms. The fourth-order valence-electron chi connectivity index (χ4n) is 3.93. The second-order valence-electron chi connectivity index (χ2n) is 7.49. The van der Waals surface area contributed by atoms with Crippen molar-refractivity contribution in [1.82, 2.24) is 5.32 Å². The number of amides is 1. The van der Waals surface area contributed by atoms with E-state index in [1.54, 1.807) is 6.07 Å². The molecule has 152 valence electrons. The van der Waals surface area contributed by atoms with Gasteiger partial charge in [-0.2, -0.15) is 0 Å². The standard InChI is InChI=1S/C20H27N3O5/c24-19(21-16-7-3-4-8-16)14-28-20(25)15-9-10-17(18(13-15)23(26)27)22-11-5-1-2-6-12-22/h9-10,13,16H,1-8,11-12,14H2,(H,21,24). The van der Waals surface area contributed by atoms with Crippen LogP contribution in [0.1, 0.15) is 61.7 Å². The number of benzene rings is 1. The van der Waals surface area contributed by atoms with E-state index in [1.807, 2.05) is 4.90 Å². The summed E-state index contributed by atoms with van der Waals surface area (Å²) in [5.74, 6) is -1.07. The summed E-state index contributed by atoms with van der Waals surface area (Å²) in [6.07, 6.45) is 8.33. The Morgan fingerprint density at radius 1 is 1.11 bits per heavy atom. The Balaban J connectivity index is 1.64. The maximum Gasteiger partial charge on any atom is 0.338 e. The van der Waals surface area contributed by atoms with Crippen LogP contribution in [0.2, 0.25) is 0 Å². The van der Waals surface area contributed by atoms with Crippen LogP contribution in [0, 0.1) is 10.1 Å². The first-order chi connectivity index (χ1) is 13.5. The van der Waals surface area contributed by atoms with Crippen LogP contribution < -0.4 is 10.2 Å². The number of rotatable bonds is 6. The Bertz CT molecular complexity index is 723. The number of anilines is 1. The first kappa shape index (κ1) is 20.1. The summed E-state index contributed by atoms with van der Waals surface area (Å²) in [5, 5.41) is 14.4. The molecule has 2 fully saturated rings. The van der Waals surface area contributed by atoms with E-state index < -0.39 is 10.9 Å². The van der Waals surface area contributed by atoms with Gasteiger partial charge in [0, 0.05) is 25.2 Å². The lowest BCUT2D eigenvalue weighted by Gasteiger charge is -2.22. The molecule has 2 aliphatic rings. The first-order valence-corrected chi connectivity index (χ1v) is 10.0. The van der Waals surface area contributed by atoms with Crippen LogP contribution in [0.4, 0.5) is 11.4 Å². The third-order valence-electron chi connectivity index (χ3n) is 5.41. The second-order valence-corrected chi connectivity index (χ2v) is 7.49. The molecule has 1 aliphatic carbocycles. The van der Waals surface area contributed by atoms with Crippen LogP contribution in [0.15, 0.2) is 18.2 Å². The molecule has 0 spiro atoms. The van der Waals surface area contributed by atoms with Crippen LogP contribution in [0.25, 0.3) is 0 Å². The van der Waals surface area contributed by atoms with Gasteiger partial charge in [0.1, 0.15) is 5.69 Å². The highest BCUT2D eigenvalue weighted by Gasteiger charge is 2.24. The molecular weight excluding hydrogens is 362 g/mol. The summed E-state index contributed by atoms with van der Waals surface area (Å²) < 4.78 is 5.05. The molecule has 0 atom stereocenters. The summed E-state index contributed by atoms with van der Waals surface area (Å²) in [7, 11) is 0. The minimum Gasteiger partial charge on any atom is -0.452 e. The number of nitrogens with one attached hydrogen (secondary N) is 1. The molecule has 1 saturated heterocycles. The average molecular weight is 389 g/mol.